The van der Waals surface area contributed by atoms with Crippen molar-refractivity contribution in [2.75, 3.05) is 16.8 Å². The number of aromatic nitrogens is 1. The third-order valence-corrected chi connectivity index (χ3v) is 13.2. The zero-order valence-electron chi connectivity index (χ0n) is 36.3. The Kier molecular flexibility index (Phi) is 7.44. The van der Waals surface area contributed by atoms with E-state index in [4.69, 9.17) is 30.0 Å². The number of allylic oxidation sites excluding steroid dienone is 2. The highest BCUT2D eigenvalue weighted by Crippen LogP contribution is 2.44. The maximum Gasteiger partial charge on any atom is 0.146 e. The van der Waals surface area contributed by atoms with Crippen LogP contribution in [-0.4, -0.2) is 34.6 Å². The first-order valence-corrected chi connectivity index (χ1v) is 21.6. The largest absolute Gasteiger partial charge is 0.367 e. The van der Waals surface area contributed by atoms with Crippen LogP contribution in [0.15, 0.2) is 157 Å². The van der Waals surface area contributed by atoms with Crippen molar-refractivity contribution in [1.82, 2.24) is 4.57 Å². The summed E-state index contributed by atoms with van der Waals surface area (Å²) in [6.07, 6.45) is 8.96. The summed E-state index contributed by atoms with van der Waals surface area (Å²) in [7, 11) is 4.33. The number of nitrogens with zero attached hydrogens (tertiary/aromatic N) is 9. The molecular weight excluding hydrogens is 763 g/mol. The maximum absolute atomic E-state index is 5.41. The van der Waals surface area contributed by atoms with Crippen LogP contribution in [0.3, 0.4) is 0 Å². The van der Waals surface area contributed by atoms with E-state index in [0.29, 0.717) is 12.0 Å². The molecule has 0 saturated heterocycles. The molecule has 0 amide bonds. The molecule has 12 rings (SSSR count). The smallest absolute Gasteiger partial charge is 0.146 e. The Hall–Kier alpha value is -7.00. The van der Waals surface area contributed by atoms with Gasteiger partial charge in [-0.15, -0.1) is 0 Å². The zero-order chi connectivity index (χ0) is 42.4. The molecule has 304 valence electrons. The molecule has 7 aromatic rings. The first-order valence-electron chi connectivity index (χ1n) is 21.6. The lowest BCUT2D eigenvalue weighted by Crippen LogP contribution is -2.38. The van der Waals surface area contributed by atoms with Crippen LogP contribution in [0.2, 0.25) is 0 Å². The first-order chi connectivity index (χ1) is 29.7. The van der Waals surface area contributed by atoms with Gasteiger partial charge in [0.1, 0.15) is 33.1 Å². The number of anilines is 4. The summed E-state index contributed by atoms with van der Waals surface area (Å²) >= 11 is 0. The Morgan fingerprint density at radius 2 is 1.08 bits per heavy atom. The van der Waals surface area contributed by atoms with Crippen LogP contribution >= 0.6 is 0 Å². The van der Waals surface area contributed by atoms with Crippen molar-refractivity contribution in [2.24, 2.45) is 37.0 Å². The predicted molar refractivity (Wildman–Crippen MR) is 248 cm³/mol. The molecule has 0 saturated carbocycles. The molecule has 6 aromatic carbocycles. The fraction of sp³-hybridized carbons (Fsp3) is 0.245. The highest BCUT2D eigenvalue weighted by atomic mass is 15.2. The van der Waals surface area contributed by atoms with E-state index in [1.165, 1.54) is 33.1 Å². The summed E-state index contributed by atoms with van der Waals surface area (Å²) in [5.74, 6) is 0.303. The van der Waals surface area contributed by atoms with Gasteiger partial charge in [-0.1, -0.05) is 60.7 Å². The summed E-state index contributed by atoms with van der Waals surface area (Å²) in [5.41, 5.74) is 10.1. The van der Waals surface area contributed by atoms with Gasteiger partial charge in [-0.3, -0.25) is 30.0 Å². The van der Waals surface area contributed by atoms with Gasteiger partial charge in [-0.2, -0.15) is 0 Å². The van der Waals surface area contributed by atoms with Crippen LogP contribution in [0.1, 0.15) is 53.0 Å². The van der Waals surface area contributed by atoms with Crippen molar-refractivity contribution in [1.29, 1.82) is 0 Å². The van der Waals surface area contributed by atoms with Gasteiger partial charge in [0.05, 0.1) is 39.2 Å². The van der Waals surface area contributed by atoms with Crippen LogP contribution in [0.25, 0.3) is 44.1 Å². The van der Waals surface area contributed by atoms with E-state index in [1.54, 1.807) is 0 Å². The van der Waals surface area contributed by atoms with E-state index in [1.807, 2.05) is 0 Å². The fourth-order valence-electron chi connectivity index (χ4n) is 10.5. The highest BCUT2D eigenvalue weighted by Gasteiger charge is 2.35. The molecule has 9 heteroatoms. The molecule has 0 fully saturated rings. The molecule has 1 aliphatic carbocycles. The molecule has 5 heterocycles. The molecule has 0 bridgehead atoms. The van der Waals surface area contributed by atoms with Gasteiger partial charge in [0, 0.05) is 58.6 Å². The van der Waals surface area contributed by atoms with E-state index in [0.717, 1.165) is 71.5 Å². The van der Waals surface area contributed by atoms with Crippen LogP contribution in [0.4, 0.5) is 22.7 Å². The van der Waals surface area contributed by atoms with Gasteiger partial charge in [-0.25, -0.2) is 0 Å². The minimum atomic E-state index is -0.680. The second-order valence-corrected chi connectivity index (χ2v) is 18.8. The summed E-state index contributed by atoms with van der Waals surface area (Å²) in [5, 5.41) is 7.57. The van der Waals surface area contributed by atoms with Crippen LogP contribution < -0.4 is 41.9 Å². The number of benzene rings is 6. The van der Waals surface area contributed by atoms with Gasteiger partial charge in [0.25, 0.3) is 0 Å². The number of fused-ring (bicyclic) bond motifs is 9. The molecule has 5 aliphatic rings. The Labute approximate surface area is 359 Å². The van der Waals surface area contributed by atoms with Crippen LogP contribution in [0, 0.1) is 0 Å². The van der Waals surface area contributed by atoms with Crippen molar-refractivity contribution in [2.45, 2.75) is 70.5 Å². The number of para-hydroxylation sites is 2. The lowest BCUT2D eigenvalue weighted by molar-refractivity contribution is 0.549. The summed E-state index contributed by atoms with van der Waals surface area (Å²) in [4.78, 5) is 36.5. The monoisotopic (exact) mass is 809 g/mol. The lowest BCUT2D eigenvalue weighted by Gasteiger charge is -2.26. The number of likely N-dealkylation sites (N-methyl/N-ethyl adjacent to an activating group) is 1. The average molecular weight is 810 g/mol. The van der Waals surface area contributed by atoms with Crippen LogP contribution in [-0.2, 0) is 7.05 Å². The number of hydrogen-bond acceptors (Lipinski definition) is 8. The maximum atomic E-state index is 5.41. The minimum absolute atomic E-state index is 0.303. The standard InChI is InChI=1S/C53H47N9/c1-51(2)54-38-16-13-19-43(48(38)57-51)62(44-26-22-32(46-49(44)58-52(3,4)55-46)30-20-24-41-36(28-30)34-14-9-11-17-39(34)60(41)7)45-27-23-33(47-50(45)59-53(5,6)56-47)31-21-25-42-37(29-31)35-15-10-12-18-40(35)61(42)8/h9-29,34,39H,1-8H3. The van der Waals surface area contributed by atoms with E-state index in [9.17, 15) is 0 Å². The molecule has 1 aromatic heterocycles. The van der Waals surface area contributed by atoms with E-state index >= 15 is 0 Å². The van der Waals surface area contributed by atoms with Gasteiger partial charge in [0.2, 0.25) is 0 Å². The normalized spacial score (nSPS) is 20.0. The van der Waals surface area contributed by atoms with E-state index in [2.05, 4.69) is 197 Å². The second-order valence-electron chi connectivity index (χ2n) is 18.8. The fourth-order valence-corrected chi connectivity index (χ4v) is 10.5. The first kappa shape index (κ1) is 36.8. The lowest BCUT2D eigenvalue weighted by atomic mass is 9.89. The van der Waals surface area contributed by atoms with Crippen molar-refractivity contribution < 1.29 is 0 Å². The van der Waals surface area contributed by atoms with Crippen molar-refractivity contribution >= 4 is 44.6 Å². The molecule has 62 heavy (non-hydrogen) atoms. The van der Waals surface area contributed by atoms with E-state index < -0.39 is 17.0 Å². The second kappa shape index (κ2) is 12.5. The number of hydrogen-bond donors (Lipinski definition) is 0. The molecule has 4 aliphatic heterocycles. The quantitative estimate of drug-likeness (QED) is 0.176. The SMILES string of the molecule is CN1c2ccc(-c3ccc(N(c4cccc5c4=NC(C)(C)N=5)c4ccc(-c5ccc6c(c5)c5ccccc5n6C)c5c4=NC(C)(C)N=5)c4c3=NC(C)(C)N=4)cc2C2C=CC=CC21. The molecule has 9 nitrogen and oxygen atoms in total. The molecule has 0 radical (unpaired) electrons. The van der Waals surface area contributed by atoms with E-state index in [-0.39, 0.29) is 0 Å². The highest BCUT2D eigenvalue weighted by molar-refractivity contribution is 6.09. The molecular formula is C53H47N9. The molecule has 0 N–H and O–H groups in total. The minimum Gasteiger partial charge on any atom is -0.367 e. The Morgan fingerprint density at radius 3 is 1.81 bits per heavy atom. The summed E-state index contributed by atoms with van der Waals surface area (Å²) in [6, 6.07) is 37.7. The molecule has 2 unspecified atom stereocenters. The van der Waals surface area contributed by atoms with Gasteiger partial charge < -0.3 is 14.4 Å². The average Bonchev–Trinajstić information content (AvgIpc) is 4.02. The van der Waals surface area contributed by atoms with Crippen LogP contribution in [0.5, 0.6) is 0 Å². The molecule has 2 atom stereocenters. The third kappa shape index (κ3) is 5.39. The Morgan fingerprint density at radius 1 is 0.500 bits per heavy atom. The summed E-state index contributed by atoms with van der Waals surface area (Å²) in [6.45, 7) is 12.4. The third-order valence-electron chi connectivity index (χ3n) is 13.2. The van der Waals surface area contributed by atoms with Crippen molar-refractivity contribution in [3.63, 3.8) is 0 Å². The van der Waals surface area contributed by atoms with Crippen molar-refractivity contribution in [3.8, 4) is 22.3 Å². The van der Waals surface area contributed by atoms with Gasteiger partial charge in [-0.05, 0) is 125 Å². The Balaban J connectivity index is 1.10. The summed E-state index contributed by atoms with van der Waals surface area (Å²) < 4.78 is 2.27. The number of aryl methyl sites for hydroxylation is 1. The number of rotatable bonds is 5. The topological polar surface area (TPSA) is 85.6 Å². The van der Waals surface area contributed by atoms with Gasteiger partial charge in [0.15, 0.2) is 0 Å². The predicted octanol–water partition coefficient (Wildman–Crippen LogP) is 8.13. The van der Waals surface area contributed by atoms with Gasteiger partial charge >= 0.3 is 0 Å². The zero-order valence-corrected chi connectivity index (χ0v) is 36.3. The molecule has 0 spiro atoms. The van der Waals surface area contributed by atoms with Crippen molar-refractivity contribution in [3.05, 3.63) is 165 Å². The Bertz CT molecular complexity index is 3630.